The fraction of sp³-hybridized carbons (Fsp3) is 0.429. The molecule has 1 aromatic carbocycles. The molecule has 108 valence electrons. The van der Waals surface area contributed by atoms with E-state index < -0.39 is 17.7 Å². The minimum atomic E-state index is -0.954. The zero-order valence-corrected chi connectivity index (χ0v) is 11.5. The molecule has 1 atom stereocenters. The summed E-state index contributed by atoms with van der Waals surface area (Å²) in [4.78, 5) is 24.6. The predicted octanol–water partition coefficient (Wildman–Crippen LogP) is 0.757. The second-order valence-corrected chi connectivity index (χ2v) is 5.21. The van der Waals surface area contributed by atoms with Crippen LogP contribution < -0.4 is 10.1 Å². The zero-order chi connectivity index (χ0) is 14.8. The smallest absolute Gasteiger partial charge is 0.325 e. The molecule has 1 aliphatic rings. The Balaban J connectivity index is 1.90. The van der Waals surface area contributed by atoms with Crippen molar-refractivity contribution in [2.24, 2.45) is 0 Å². The number of nitrogens with one attached hydrogen (secondary N) is 1. The lowest BCUT2D eigenvalue weighted by Crippen LogP contribution is -2.48. The summed E-state index contributed by atoms with van der Waals surface area (Å²) in [6, 6.07) is 8.60. The van der Waals surface area contributed by atoms with Crippen molar-refractivity contribution in [1.29, 1.82) is 0 Å². The van der Waals surface area contributed by atoms with E-state index >= 15 is 0 Å². The van der Waals surface area contributed by atoms with Crippen LogP contribution in [-0.4, -0.2) is 46.7 Å². The van der Waals surface area contributed by atoms with Crippen molar-refractivity contribution in [1.82, 2.24) is 10.2 Å². The first-order valence-electron chi connectivity index (χ1n) is 6.40. The topological polar surface area (TPSA) is 78.9 Å². The number of carbonyl (C=O) groups excluding carboxylic acids is 2. The van der Waals surface area contributed by atoms with Gasteiger partial charge in [-0.2, -0.15) is 0 Å². The molecule has 0 aliphatic carbocycles. The van der Waals surface area contributed by atoms with E-state index in [9.17, 15) is 14.7 Å². The number of urea groups is 1. The van der Waals surface area contributed by atoms with Gasteiger partial charge in [0.15, 0.2) is 0 Å². The number of amides is 3. The van der Waals surface area contributed by atoms with Gasteiger partial charge in [-0.25, -0.2) is 4.79 Å². The van der Waals surface area contributed by atoms with Crippen molar-refractivity contribution in [2.45, 2.75) is 25.5 Å². The van der Waals surface area contributed by atoms with Gasteiger partial charge in [-0.15, -0.1) is 0 Å². The molecule has 0 spiro atoms. The van der Waals surface area contributed by atoms with Gasteiger partial charge in [-0.3, -0.25) is 10.1 Å². The average molecular weight is 278 g/mol. The van der Waals surface area contributed by atoms with E-state index in [2.05, 4.69) is 5.32 Å². The molecule has 1 fully saturated rings. The van der Waals surface area contributed by atoms with E-state index in [4.69, 9.17) is 4.74 Å². The molecule has 1 unspecified atom stereocenters. The van der Waals surface area contributed by atoms with Crippen molar-refractivity contribution in [3.8, 4) is 5.75 Å². The lowest BCUT2D eigenvalue weighted by molar-refractivity contribution is -0.125. The van der Waals surface area contributed by atoms with Crippen LogP contribution in [0.3, 0.4) is 0 Å². The van der Waals surface area contributed by atoms with Crippen molar-refractivity contribution >= 4 is 11.9 Å². The van der Waals surface area contributed by atoms with Crippen molar-refractivity contribution in [3.05, 3.63) is 30.3 Å². The standard InChI is InChI=1S/C14H18N2O4/c1-14(2)12(18)15-13(19)16(14)8-10(17)9-20-11-6-4-3-5-7-11/h3-7,10,17H,8-9H2,1-2H3,(H,15,18,19). The summed E-state index contributed by atoms with van der Waals surface area (Å²) < 4.78 is 5.42. The molecule has 1 heterocycles. The number of imide groups is 1. The molecule has 0 saturated carbocycles. The highest BCUT2D eigenvalue weighted by atomic mass is 16.5. The van der Waals surface area contributed by atoms with Gasteiger partial charge in [-0.05, 0) is 26.0 Å². The van der Waals surface area contributed by atoms with E-state index in [0.29, 0.717) is 5.75 Å². The minimum Gasteiger partial charge on any atom is -0.491 e. The summed E-state index contributed by atoms with van der Waals surface area (Å²) >= 11 is 0. The Morgan fingerprint density at radius 1 is 1.30 bits per heavy atom. The molecule has 1 aromatic rings. The van der Waals surface area contributed by atoms with Crippen LogP contribution in [0.5, 0.6) is 5.75 Å². The second-order valence-electron chi connectivity index (χ2n) is 5.21. The molecule has 2 rings (SSSR count). The van der Waals surface area contributed by atoms with Crippen LogP contribution in [0, 0.1) is 0 Å². The van der Waals surface area contributed by atoms with Crippen LogP contribution in [-0.2, 0) is 4.79 Å². The maximum absolute atomic E-state index is 11.7. The molecule has 0 bridgehead atoms. The van der Waals surface area contributed by atoms with Crippen molar-refractivity contribution in [2.75, 3.05) is 13.2 Å². The fourth-order valence-corrected chi connectivity index (χ4v) is 1.98. The molecule has 6 nitrogen and oxygen atoms in total. The first kappa shape index (κ1) is 14.3. The van der Waals surface area contributed by atoms with Crippen LogP contribution in [0.1, 0.15) is 13.8 Å². The summed E-state index contributed by atoms with van der Waals surface area (Å²) in [6.07, 6.45) is -0.869. The van der Waals surface area contributed by atoms with Crippen LogP contribution in [0.2, 0.25) is 0 Å². The number of carbonyl (C=O) groups is 2. The molecule has 1 aliphatic heterocycles. The van der Waals surface area contributed by atoms with Crippen molar-refractivity contribution in [3.63, 3.8) is 0 Å². The third-order valence-electron chi connectivity index (χ3n) is 3.27. The van der Waals surface area contributed by atoms with Gasteiger partial charge in [0.2, 0.25) is 0 Å². The molecule has 0 radical (unpaired) electrons. The van der Waals surface area contributed by atoms with Gasteiger partial charge in [0.25, 0.3) is 5.91 Å². The Morgan fingerprint density at radius 2 is 1.95 bits per heavy atom. The van der Waals surface area contributed by atoms with Crippen LogP contribution in [0.25, 0.3) is 0 Å². The summed E-state index contributed by atoms with van der Waals surface area (Å²) in [6.45, 7) is 3.37. The molecular formula is C14H18N2O4. The number of hydrogen-bond acceptors (Lipinski definition) is 4. The normalized spacial score (nSPS) is 18.9. The van der Waals surface area contributed by atoms with Gasteiger partial charge < -0.3 is 14.7 Å². The summed E-state index contributed by atoms with van der Waals surface area (Å²) in [5, 5.41) is 12.2. The molecule has 3 amide bonds. The van der Waals surface area contributed by atoms with Gasteiger partial charge in [0.05, 0.1) is 6.54 Å². The number of benzene rings is 1. The van der Waals surface area contributed by atoms with E-state index in [1.165, 1.54) is 4.90 Å². The Bertz CT molecular complexity index is 501. The number of hydrogen-bond donors (Lipinski definition) is 2. The van der Waals surface area contributed by atoms with Gasteiger partial charge >= 0.3 is 6.03 Å². The first-order chi connectivity index (χ1) is 9.41. The lowest BCUT2D eigenvalue weighted by Gasteiger charge is -2.29. The predicted molar refractivity (Wildman–Crippen MR) is 72.3 cm³/mol. The maximum Gasteiger partial charge on any atom is 0.325 e. The number of nitrogens with zero attached hydrogens (tertiary/aromatic N) is 1. The largest absolute Gasteiger partial charge is 0.491 e. The highest BCUT2D eigenvalue weighted by Crippen LogP contribution is 2.21. The van der Waals surface area contributed by atoms with E-state index in [1.54, 1.807) is 26.0 Å². The van der Waals surface area contributed by atoms with E-state index in [0.717, 1.165) is 0 Å². The number of aliphatic hydroxyl groups excluding tert-OH is 1. The van der Waals surface area contributed by atoms with Gasteiger partial charge in [0.1, 0.15) is 24.0 Å². The molecule has 2 N–H and O–H groups in total. The second kappa shape index (κ2) is 5.50. The number of ether oxygens (including phenoxy) is 1. The number of β-amino-alcohol motifs (C(OH)–C–C–N with tert-alkyl or cyclic N) is 1. The lowest BCUT2D eigenvalue weighted by atomic mass is 10.0. The van der Waals surface area contributed by atoms with Crippen LogP contribution in [0.4, 0.5) is 4.79 Å². The Kier molecular flexibility index (Phi) is 3.94. The van der Waals surface area contributed by atoms with Crippen LogP contribution in [0.15, 0.2) is 30.3 Å². The molecule has 0 aromatic heterocycles. The van der Waals surface area contributed by atoms with Crippen LogP contribution >= 0.6 is 0 Å². The Hall–Kier alpha value is -2.08. The van der Waals surface area contributed by atoms with Gasteiger partial charge in [-0.1, -0.05) is 18.2 Å². The molecule has 20 heavy (non-hydrogen) atoms. The highest BCUT2D eigenvalue weighted by Gasteiger charge is 2.45. The summed E-state index contributed by atoms with van der Waals surface area (Å²) in [5.74, 6) is 0.284. The number of para-hydroxylation sites is 1. The quantitative estimate of drug-likeness (QED) is 0.779. The van der Waals surface area contributed by atoms with E-state index in [-0.39, 0.29) is 19.1 Å². The zero-order valence-electron chi connectivity index (χ0n) is 11.5. The number of aliphatic hydroxyl groups is 1. The van der Waals surface area contributed by atoms with Crippen molar-refractivity contribution < 1.29 is 19.4 Å². The summed E-state index contributed by atoms with van der Waals surface area (Å²) in [5.41, 5.74) is -0.954. The third-order valence-corrected chi connectivity index (χ3v) is 3.27. The highest BCUT2D eigenvalue weighted by molar-refractivity contribution is 6.06. The Morgan fingerprint density at radius 3 is 2.50 bits per heavy atom. The Labute approximate surface area is 117 Å². The molecule has 1 saturated heterocycles. The maximum atomic E-state index is 11.7. The third kappa shape index (κ3) is 2.91. The fourth-order valence-electron chi connectivity index (χ4n) is 1.98. The average Bonchev–Trinajstić information content (AvgIpc) is 2.60. The monoisotopic (exact) mass is 278 g/mol. The summed E-state index contributed by atoms with van der Waals surface area (Å²) in [7, 11) is 0. The van der Waals surface area contributed by atoms with E-state index in [1.807, 2.05) is 18.2 Å². The first-order valence-corrected chi connectivity index (χ1v) is 6.40. The number of rotatable bonds is 5. The van der Waals surface area contributed by atoms with Gasteiger partial charge in [0, 0.05) is 0 Å². The SMILES string of the molecule is CC1(C)C(=O)NC(=O)N1CC(O)COc1ccccc1. The molecule has 6 heteroatoms. The molecular weight excluding hydrogens is 260 g/mol. The minimum absolute atomic E-state index is 0.0391.